The van der Waals surface area contributed by atoms with E-state index in [9.17, 15) is 4.79 Å². The van der Waals surface area contributed by atoms with Crippen LogP contribution in [0.4, 0.5) is 5.13 Å². The quantitative estimate of drug-likeness (QED) is 0.780. The highest BCUT2D eigenvalue weighted by Crippen LogP contribution is 2.24. The molecule has 0 saturated carbocycles. The van der Waals surface area contributed by atoms with Crippen molar-refractivity contribution in [3.05, 3.63) is 33.0 Å². The molecule has 2 rings (SSSR count). The fourth-order valence-corrected chi connectivity index (χ4v) is 3.06. The maximum absolute atomic E-state index is 10.8. The Balaban J connectivity index is 1.99. The zero-order valence-corrected chi connectivity index (χ0v) is 11.5. The van der Waals surface area contributed by atoms with Crippen molar-refractivity contribution in [1.82, 2.24) is 4.98 Å². The summed E-state index contributed by atoms with van der Waals surface area (Å²) in [5.74, 6) is 0. The van der Waals surface area contributed by atoms with E-state index in [0.717, 1.165) is 35.0 Å². The summed E-state index contributed by atoms with van der Waals surface area (Å²) in [6.45, 7) is 2.79. The molecule has 5 heteroatoms. The molecule has 0 fully saturated rings. The second-order valence-electron chi connectivity index (χ2n) is 3.81. The van der Waals surface area contributed by atoms with Gasteiger partial charge in [-0.15, -0.1) is 11.3 Å². The van der Waals surface area contributed by atoms with Gasteiger partial charge in [0.15, 0.2) is 11.4 Å². The van der Waals surface area contributed by atoms with Gasteiger partial charge in [0.2, 0.25) is 0 Å². The number of likely N-dealkylation sites (N-methyl/N-ethyl adjacent to an activating group) is 1. The Bertz CT molecular complexity index is 491. The van der Waals surface area contributed by atoms with Gasteiger partial charge in [-0.1, -0.05) is 17.4 Å². The summed E-state index contributed by atoms with van der Waals surface area (Å²) in [4.78, 5) is 19.4. The molecule has 0 aliphatic heterocycles. The van der Waals surface area contributed by atoms with E-state index in [1.807, 2.05) is 14.0 Å². The molecule has 0 bridgehead atoms. The third-order valence-corrected chi connectivity index (χ3v) is 4.66. The van der Waals surface area contributed by atoms with Crippen molar-refractivity contribution in [1.29, 1.82) is 0 Å². The number of nitrogens with zero attached hydrogens (tertiary/aromatic N) is 2. The van der Waals surface area contributed by atoms with Gasteiger partial charge in [-0.3, -0.25) is 4.79 Å². The first-order valence-electron chi connectivity index (χ1n) is 5.37. The van der Waals surface area contributed by atoms with Crippen LogP contribution >= 0.6 is 22.7 Å². The van der Waals surface area contributed by atoms with E-state index in [0.29, 0.717) is 0 Å². The van der Waals surface area contributed by atoms with Gasteiger partial charge in [-0.05, 0) is 24.8 Å². The van der Waals surface area contributed by atoms with E-state index < -0.39 is 0 Å². The first-order chi connectivity index (χ1) is 8.20. The zero-order chi connectivity index (χ0) is 12.3. The summed E-state index contributed by atoms with van der Waals surface area (Å²) in [7, 11) is 2.01. The van der Waals surface area contributed by atoms with Gasteiger partial charge in [-0.25, -0.2) is 4.98 Å². The number of aromatic nitrogens is 1. The fraction of sp³-hybridized carbons (Fsp3) is 0.333. The molecule has 0 saturated heterocycles. The molecule has 90 valence electrons. The number of aldehydes is 1. The Labute approximate surface area is 109 Å². The van der Waals surface area contributed by atoms with Crippen molar-refractivity contribution >= 4 is 34.1 Å². The van der Waals surface area contributed by atoms with E-state index in [2.05, 4.69) is 27.4 Å². The van der Waals surface area contributed by atoms with E-state index in [1.165, 1.54) is 16.2 Å². The second-order valence-corrected chi connectivity index (χ2v) is 5.86. The van der Waals surface area contributed by atoms with Crippen molar-refractivity contribution in [3.8, 4) is 0 Å². The Morgan fingerprint density at radius 1 is 1.53 bits per heavy atom. The predicted molar refractivity (Wildman–Crippen MR) is 73.5 cm³/mol. The minimum absolute atomic E-state index is 0.725. The average Bonchev–Trinajstić information content (AvgIpc) is 2.94. The summed E-state index contributed by atoms with van der Waals surface area (Å²) >= 11 is 3.23. The molecule has 0 aliphatic rings. The topological polar surface area (TPSA) is 33.2 Å². The summed E-state index contributed by atoms with van der Waals surface area (Å²) in [6, 6.07) is 4.21. The van der Waals surface area contributed by atoms with Crippen LogP contribution in [0.25, 0.3) is 0 Å². The van der Waals surface area contributed by atoms with Crippen LogP contribution in [0, 0.1) is 6.92 Å². The lowest BCUT2D eigenvalue weighted by atomic mass is 10.3. The van der Waals surface area contributed by atoms with Crippen LogP contribution in [0.15, 0.2) is 17.5 Å². The van der Waals surface area contributed by atoms with Crippen LogP contribution in [0.3, 0.4) is 0 Å². The number of hydrogen-bond acceptors (Lipinski definition) is 5. The standard InChI is InChI=1S/C12H14N2OS2/c1-9-11(8-15)17-12(13-9)14(2)6-5-10-4-3-7-16-10/h3-4,7-8H,5-6H2,1-2H3. The van der Waals surface area contributed by atoms with E-state index in [1.54, 1.807) is 11.3 Å². The molecule has 3 nitrogen and oxygen atoms in total. The van der Waals surface area contributed by atoms with Crippen LogP contribution in [-0.4, -0.2) is 24.9 Å². The smallest absolute Gasteiger partial charge is 0.185 e. The number of thiophene rings is 1. The lowest BCUT2D eigenvalue weighted by molar-refractivity contribution is 0.112. The molecule has 0 atom stereocenters. The van der Waals surface area contributed by atoms with Crippen molar-refractivity contribution in [2.24, 2.45) is 0 Å². The van der Waals surface area contributed by atoms with Gasteiger partial charge in [-0.2, -0.15) is 0 Å². The zero-order valence-electron chi connectivity index (χ0n) is 9.84. The monoisotopic (exact) mass is 266 g/mol. The highest BCUT2D eigenvalue weighted by Gasteiger charge is 2.10. The first kappa shape index (κ1) is 12.3. The highest BCUT2D eigenvalue weighted by molar-refractivity contribution is 7.17. The number of hydrogen-bond donors (Lipinski definition) is 0. The average molecular weight is 266 g/mol. The summed E-state index contributed by atoms with van der Waals surface area (Å²) in [5.41, 5.74) is 0.822. The lowest BCUT2D eigenvalue weighted by Gasteiger charge is -2.14. The van der Waals surface area contributed by atoms with Crippen molar-refractivity contribution in [2.75, 3.05) is 18.5 Å². The first-order valence-corrected chi connectivity index (χ1v) is 7.06. The molecule has 0 aromatic carbocycles. The largest absolute Gasteiger partial charge is 0.351 e. The van der Waals surface area contributed by atoms with Crippen LogP contribution in [0.2, 0.25) is 0 Å². The molecule has 2 aromatic rings. The molecule has 17 heavy (non-hydrogen) atoms. The molecule has 2 aromatic heterocycles. The Kier molecular flexibility index (Phi) is 3.91. The third kappa shape index (κ3) is 2.92. The van der Waals surface area contributed by atoms with Gasteiger partial charge in [0.05, 0.1) is 10.6 Å². The molecule has 0 aliphatic carbocycles. The Morgan fingerprint density at radius 2 is 2.35 bits per heavy atom. The molecule has 0 radical (unpaired) electrons. The van der Waals surface area contributed by atoms with Crippen LogP contribution in [0.5, 0.6) is 0 Å². The second kappa shape index (κ2) is 5.42. The molecule has 0 amide bonds. The maximum Gasteiger partial charge on any atom is 0.185 e. The minimum Gasteiger partial charge on any atom is -0.351 e. The van der Waals surface area contributed by atoms with E-state index in [-0.39, 0.29) is 0 Å². The molecule has 0 spiro atoms. The number of thiazole rings is 1. The number of rotatable bonds is 5. The Hall–Kier alpha value is -1.20. The van der Waals surface area contributed by atoms with E-state index in [4.69, 9.17) is 0 Å². The highest BCUT2D eigenvalue weighted by atomic mass is 32.1. The van der Waals surface area contributed by atoms with Gasteiger partial charge < -0.3 is 4.90 Å². The molecule has 0 N–H and O–H groups in total. The summed E-state index contributed by atoms with van der Waals surface area (Å²) in [5, 5.41) is 3.01. The molecule has 0 unspecified atom stereocenters. The summed E-state index contributed by atoms with van der Waals surface area (Å²) < 4.78 is 0. The molecule has 2 heterocycles. The number of anilines is 1. The van der Waals surface area contributed by atoms with Crippen molar-refractivity contribution < 1.29 is 4.79 Å². The van der Waals surface area contributed by atoms with Gasteiger partial charge in [0.25, 0.3) is 0 Å². The van der Waals surface area contributed by atoms with Gasteiger partial charge >= 0.3 is 0 Å². The maximum atomic E-state index is 10.8. The van der Waals surface area contributed by atoms with Gasteiger partial charge in [0.1, 0.15) is 0 Å². The molecular formula is C12H14N2OS2. The number of aryl methyl sites for hydroxylation is 1. The lowest BCUT2D eigenvalue weighted by Crippen LogP contribution is -2.19. The fourth-order valence-electron chi connectivity index (χ4n) is 1.49. The van der Waals surface area contributed by atoms with Crippen molar-refractivity contribution in [3.63, 3.8) is 0 Å². The molecular weight excluding hydrogens is 252 g/mol. The van der Waals surface area contributed by atoms with Gasteiger partial charge in [0, 0.05) is 18.5 Å². The number of carbonyl (C=O) groups excluding carboxylic acids is 1. The third-order valence-electron chi connectivity index (χ3n) is 2.53. The van der Waals surface area contributed by atoms with Crippen LogP contribution in [-0.2, 0) is 6.42 Å². The van der Waals surface area contributed by atoms with Crippen LogP contribution in [0.1, 0.15) is 20.2 Å². The van der Waals surface area contributed by atoms with Crippen LogP contribution < -0.4 is 4.90 Å². The van der Waals surface area contributed by atoms with E-state index >= 15 is 0 Å². The Morgan fingerprint density at radius 3 is 2.94 bits per heavy atom. The summed E-state index contributed by atoms with van der Waals surface area (Å²) in [6.07, 6.45) is 1.90. The minimum atomic E-state index is 0.725. The van der Waals surface area contributed by atoms with Crippen molar-refractivity contribution in [2.45, 2.75) is 13.3 Å². The normalized spacial score (nSPS) is 10.5. The predicted octanol–water partition coefficient (Wildman–Crippen LogP) is 3.00. The SMILES string of the molecule is Cc1nc(N(C)CCc2cccs2)sc1C=O. The number of carbonyl (C=O) groups is 1.